The van der Waals surface area contributed by atoms with Crippen LogP contribution in [0.25, 0.3) is 0 Å². The molecule has 0 unspecified atom stereocenters. The van der Waals surface area contributed by atoms with Gasteiger partial charge in [0.25, 0.3) is 0 Å². The summed E-state index contributed by atoms with van der Waals surface area (Å²) in [5.74, 6) is 0.0431. The zero-order valence-corrected chi connectivity index (χ0v) is 10.7. The number of nitrogens with zero attached hydrogens (tertiary/aromatic N) is 2. The molecule has 1 heterocycles. The van der Waals surface area contributed by atoms with Crippen molar-refractivity contribution in [3.8, 4) is 6.07 Å². The van der Waals surface area contributed by atoms with Crippen LogP contribution in [0.1, 0.15) is 11.3 Å². The van der Waals surface area contributed by atoms with Gasteiger partial charge in [-0.25, -0.2) is 13.1 Å². The van der Waals surface area contributed by atoms with Crippen LogP contribution in [0.2, 0.25) is 0 Å². The minimum absolute atomic E-state index is 0.0431. The van der Waals surface area contributed by atoms with Gasteiger partial charge in [0.05, 0.1) is 5.75 Å². The summed E-state index contributed by atoms with van der Waals surface area (Å²) in [4.78, 5) is 0. The average molecular weight is 256 g/mol. The van der Waals surface area contributed by atoms with E-state index in [2.05, 4.69) is 16.1 Å². The molecule has 1 aromatic heterocycles. The van der Waals surface area contributed by atoms with E-state index in [4.69, 9.17) is 5.26 Å². The van der Waals surface area contributed by atoms with E-state index in [-0.39, 0.29) is 5.75 Å². The van der Waals surface area contributed by atoms with E-state index in [1.807, 2.05) is 6.20 Å². The minimum Gasteiger partial charge on any atom is -0.342 e. The molecule has 17 heavy (non-hydrogen) atoms. The number of nitrogens with one attached hydrogen (secondary N) is 2. The highest BCUT2D eigenvalue weighted by Crippen LogP contribution is 2.05. The maximum absolute atomic E-state index is 11.1. The predicted molar refractivity (Wildman–Crippen MR) is 64.7 cm³/mol. The second kappa shape index (κ2) is 5.82. The van der Waals surface area contributed by atoms with Gasteiger partial charge in [0.15, 0.2) is 0 Å². The van der Waals surface area contributed by atoms with Crippen LogP contribution in [0, 0.1) is 11.3 Å². The van der Waals surface area contributed by atoms with Crippen molar-refractivity contribution in [1.82, 2.24) is 14.6 Å². The average Bonchev–Trinajstić information content (AvgIpc) is 2.65. The van der Waals surface area contributed by atoms with Crippen molar-refractivity contribution in [1.29, 1.82) is 5.26 Å². The number of nitriles is 1. The molecule has 7 heteroatoms. The minimum atomic E-state index is -3.15. The van der Waals surface area contributed by atoms with Crippen molar-refractivity contribution in [3.63, 3.8) is 0 Å². The van der Waals surface area contributed by atoms with Crippen molar-refractivity contribution in [2.45, 2.75) is 6.54 Å². The van der Waals surface area contributed by atoms with E-state index < -0.39 is 10.0 Å². The van der Waals surface area contributed by atoms with Crippen LogP contribution in [0.3, 0.4) is 0 Å². The fraction of sp³-hybridized carbons (Fsp3) is 0.500. The van der Waals surface area contributed by atoms with Gasteiger partial charge in [-0.2, -0.15) is 5.26 Å². The van der Waals surface area contributed by atoms with Gasteiger partial charge in [-0.15, -0.1) is 0 Å². The lowest BCUT2D eigenvalue weighted by atomic mass is 10.3. The number of hydrogen-bond acceptors (Lipinski definition) is 4. The number of hydrogen-bond donors (Lipinski definition) is 2. The third-order valence-electron chi connectivity index (χ3n) is 2.36. The maximum Gasteiger partial charge on any atom is 0.212 e. The van der Waals surface area contributed by atoms with Gasteiger partial charge in [-0.3, -0.25) is 0 Å². The number of rotatable bonds is 6. The highest BCUT2D eigenvalue weighted by atomic mass is 32.2. The third-order valence-corrected chi connectivity index (χ3v) is 3.73. The standard InChI is InChI=1S/C10H16N4O2S/c1-12-17(15,16)4-3-13-7-9-5-10(6-11)14(2)8-9/h5,8,12-13H,3-4,7H2,1-2H3. The molecule has 6 nitrogen and oxygen atoms in total. The second-order valence-corrected chi connectivity index (χ2v) is 5.70. The molecule has 0 spiro atoms. The molecule has 0 aliphatic rings. The lowest BCUT2D eigenvalue weighted by Crippen LogP contribution is -2.29. The molecular weight excluding hydrogens is 240 g/mol. The smallest absolute Gasteiger partial charge is 0.212 e. The summed E-state index contributed by atoms with van der Waals surface area (Å²) < 4.78 is 26.2. The first-order chi connectivity index (χ1) is 7.98. The van der Waals surface area contributed by atoms with Crippen molar-refractivity contribution in [2.24, 2.45) is 7.05 Å². The van der Waals surface area contributed by atoms with Crippen LogP contribution >= 0.6 is 0 Å². The highest BCUT2D eigenvalue weighted by Gasteiger charge is 2.06. The Balaban J connectivity index is 2.39. The summed E-state index contributed by atoms with van der Waals surface area (Å²) in [5.41, 5.74) is 1.55. The van der Waals surface area contributed by atoms with Crippen LogP contribution in [-0.2, 0) is 23.6 Å². The maximum atomic E-state index is 11.1. The quantitative estimate of drug-likeness (QED) is 0.674. The molecule has 1 aromatic rings. The van der Waals surface area contributed by atoms with Gasteiger partial charge in [0.1, 0.15) is 11.8 Å². The zero-order valence-electron chi connectivity index (χ0n) is 9.90. The Morgan fingerprint density at radius 1 is 1.53 bits per heavy atom. The molecule has 2 N–H and O–H groups in total. The molecule has 0 saturated carbocycles. The van der Waals surface area contributed by atoms with Crippen LogP contribution in [0.4, 0.5) is 0 Å². The summed E-state index contributed by atoms with van der Waals surface area (Å²) in [6.45, 7) is 0.925. The first-order valence-electron chi connectivity index (χ1n) is 5.16. The highest BCUT2D eigenvalue weighted by molar-refractivity contribution is 7.89. The van der Waals surface area contributed by atoms with Gasteiger partial charge in [0, 0.05) is 26.3 Å². The van der Waals surface area contributed by atoms with Crippen LogP contribution < -0.4 is 10.0 Å². The molecule has 0 aliphatic carbocycles. The summed E-state index contributed by atoms with van der Waals surface area (Å²) in [6.07, 6.45) is 1.85. The summed E-state index contributed by atoms with van der Waals surface area (Å²) in [7, 11) is 0.0421. The van der Waals surface area contributed by atoms with Crippen molar-refractivity contribution in [2.75, 3.05) is 19.3 Å². The largest absolute Gasteiger partial charge is 0.342 e. The Labute approximate surface area is 101 Å². The number of aryl methyl sites for hydroxylation is 1. The molecule has 0 bridgehead atoms. The van der Waals surface area contributed by atoms with Crippen LogP contribution in [0.15, 0.2) is 12.3 Å². The normalized spacial score (nSPS) is 11.4. The van der Waals surface area contributed by atoms with Gasteiger partial charge < -0.3 is 9.88 Å². The molecule has 0 radical (unpaired) electrons. The van der Waals surface area contributed by atoms with E-state index in [0.717, 1.165) is 5.56 Å². The monoisotopic (exact) mass is 256 g/mol. The molecule has 0 amide bonds. The second-order valence-electron chi connectivity index (χ2n) is 3.66. The molecule has 0 aromatic carbocycles. The molecule has 0 atom stereocenters. The summed E-state index contributed by atoms with van der Waals surface area (Å²) in [5, 5.41) is 11.8. The lowest BCUT2D eigenvalue weighted by Gasteiger charge is -2.03. The topological polar surface area (TPSA) is 86.9 Å². The molecule has 0 aliphatic heterocycles. The van der Waals surface area contributed by atoms with E-state index in [1.54, 1.807) is 17.7 Å². The van der Waals surface area contributed by atoms with Crippen molar-refractivity contribution in [3.05, 3.63) is 23.5 Å². The molecular formula is C10H16N4O2S. The molecule has 1 rings (SSSR count). The Kier molecular flexibility index (Phi) is 4.69. The SMILES string of the molecule is CNS(=O)(=O)CCNCc1cc(C#N)n(C)c1. The molecule has 0 saturated heterocycles. The lowest BCUT2D eigenvalue weighted by molar-refractivity contribution is 0.583. The Morgan fingerprint density at radius 2 is 2.24 bits per heavy atom. The predicted octanol–water partition coefficient (Wildman–Crippen LogP) is -0.464. The van der Waals surface area contributed by atoms with Crippen LogP contribution in [0.5, 0.6) is 0 Å². The number of aromatic nitrogens is 1. The van der Waals surface area contributed by atoms with E-state index in [0.29, 0.717) is 18.8 Å². The fourth-order valence-corrected chi connectivity index (χ4v) is 2.00. The summed E-state index contributed by atoms with van der Waals surface area (Å²) in [6, 6.07) is 3.85. The van der Waals surface area contributed by atoms with E-state index in [1.165, 1.54) is 7.05 Å². The Bertz CT molecular complexity index is 513. The Hall–Kier alpha value is -1.36. The van der Waals surface area contributed by atoms with E-state index >= 15 is 0 Å². The first-order valence-corrected chi connectivity index (χ1v) is 6.81. The van der Waals surface area contributed by atoms with Gasteiger partial charge in [-0.05, 0) is 18.7 Å². The van der Waals surface area contributed by atoms with Gasteiger partial charge in [-0.1, -0.05) is 0 Å². The summed E-state index contributed by atoms with van der Waals surface area (Å²) >= 11 is 0. The Morgan fingerprint density at radius 3 is 2.76 bits per heavy atom. The first kappa shape index (κ1) is 13.7. The van der Waals surface area contributed by atoms with Crippen molar-refractivity contribution < 1.29 is 8.42 Å². The van der Waals surface area contributed by atoms with Gasteiger partial charge in [0.2, 0.25) is 10.0 Å². The fourth-order valence-electron chi connectivity index (χ4n) is 1.38. The molecule has 94 valence electrons. The van der Waals surface area contributed by atoms with Crippen molar-refractivity contribution >= 4 is 10.0 Å². The van der Waals surface area contributed by atoms with Crippen LogP contribution in [-0.4, -0.2) is 32.3 Å². The third kappa shape index (κ3) is 4.19. The number of sulfonamides is 1. The van der Waals surface area contributed by atoms with Gasteiger partial charge >= 0.3 is 0 Å². The van der Waals surface area contributed by atoms with E-state index in [9.17, 15) is 8.42 Å². The zero-order chi connectivity index (χ0) is 12.9. The molecule has 0 fully saturated rings.